The van der Waals surface area contributed by atoms with Gasteiger partial charge < -0.3 is 15.1 Å². The second-order valence-electron chi connectivity index (χ2n) is 10.7. The largest absolute Gasteiger partial charge is 0.411 e. The number of carbonyl (C=O) groups is 1. The first-order valence-electron chi connectivity index (χ1n) is 12.5. The molecular formula is C29H35NO4. The van der Waals surface area contributed by atoms with Gasteiger partial charge in [-0.25, -0.2) is 0 Å². The van der Waals surface area contributed by atoms with Crippen LogP contribution in [0.2, 0.25) is 0 Å². The van der Waals surface area contributed by atoms with Crippen LogP contribution in [0.25, 0.3) is 0 Å². The Morgan fingerprint density at radius 1 is 1.18 bits per heavy atom. The van der Waals surface area contributed by atoms with Gasteiger partial charge in [-0.3, -0.25) is 4.79 Å². The van der Waals surface area contributed by atoms with E-state index in [1.807, 2.05) is 43.5 Å². The average molecular weight is 462 g/mol. The summed E-state index contributed by atoms with van der Waals surface area (Å²) in [5.41, 5.74) is 5.26. The van der Waals surface area contributed by atoms with Crippen LogP contribution >= 0.6 is 0 Å². The Bertz CT molecular complexity index is 1080. The molecule has 0 saturated heterocycles. The lowest BCUT2D eigenvalue weighted by Gasteiger charge is -2.49. The van der Waals surface area contributed by atoms with Crippen LogP contribution in [0.1, 0.15) is 63.0 Å². The van der Waals surface area contributed by atoms with Crippen molar-refractivity contribution < 1.29 is 19.8 Å². The molecule has 180 valence electrons. The Morgan fingerprint density at radius 2 is 1.97 bits per heavy atom. The fourth-order valence-corrected chi connectivity index (χ4v) is 7.58. The zero-order chi connectivity index (χ0) is 23.9. The molecule has 0 heterocycles. The standard InChI is InChI=1S/C29H35NO4/c1-28-14-12-22-23(25(28)10-11-27(28)34-2)9-6-20-16-26(32)29(13-3-15-31,17-24(20)22)21-7-4-19(5-8-21)18-30-33/h3-5,7-8,13,16,18,23,25,27,31,33H,6,9-12,14-15,17H2,1-2H3/b13-3-,30-18?/t23-,25+,27-,28+,29?/m1/s1. The first kappa shape index (κ1) is 23.3. The minimum absolute atomic E-state index is 0.0829. The van der Waals surface area contributed by atoms with E-state index >= 15 is 0 Å². The topological polar surface area (TPSA) is 79.1 Å². The second kappa shape index (κ2) is 8.94. The Balaban J connectivity index is 1.58. The van der Waals surface area contributed by atoms with Crippen molar-refractivity contribution in [3.63, 3.8) is 0 Å². The van der Waals surface area contributed by atoms with Crippen molar-refractivity contribution in [3.05, 3.63) is 70.3 Å². The summed E-state index contributed by atoms with van der Waals surface area (Å²) in [6.45, 7) is 2.33. The fourth-order valence-electron chi connectivity index (χ4n) is 7.58. The van der Waals surface area contributed by atoms with E-state index in [4.69, 9.17) is 9.94 Å². The number of benzene rings is 1. The van der Waals surface area contributed by atoms with Gasteiger partial charge in [-0.05, 0) is 90.5 Å². The number of ether oxygens (including phenoxy) is 1. The number of nitrogens with zero attached hydrogens (tertiary/aromatic N) is 1. The van der Waals surface area contributed by atoms with E-state index in [-0.39, 0.29) is 17.8 Å². The predicted molar refractivity (Wildman–Crippen MR) is 132 cm³/mol. The van der Waals surface area contributed by atoms with E-state index < -0.39 is 5.41 Å². The van der Waals surface area contributed by atoms with Gasteiger partial charge in [-0.1, -0.05) is 54.1 Å². The summed E-state index contributed by atoms with van der Waals surface area (Å²) in [6, 6.07) is 7.62. The summed E-state index contributed by atoms with van der Waals surface area (Å²) in [6.07, 6.45) is 14.5. The number of rotatable bonds is 5. The summed E-state index contributed by atoms with van der Waals surface area (Å²) in [5.74, 6) is 1.30. The molecule has 5 nitrogen and oxygen atoms in total. The van der Waals surface area contributed by atoms with Gasteiger partial charge in [0.25, 0.3) is 0 Å². The fraction of sp³-hybridized carbons (Fsp3) is 0.517. The molecule has 5 atom stereocenters. The van der Waals surface area contributed by atoms with E-state index in [2.05, 4.69) is 12.1 Å². The number of carbonyl (C=O) groups excluding carboxylic acids is 1. The lowest BCUT2D eigenvalue weighted by Crippen LogP contribution is -2.44. The number of aliphatic hydroxyl groups is 1. The van der Waals surface area contributed by atoms with Crippen LogP contribution in [0.3, 0.4) is 0 Å². The SMILES string of the molecule is CO[C@@H]1CC[C@H]2[C@@H]3CCC4=CC(=O)C(/C=C\CO)(c5ccc(C=NO)cc5)CC4=C3CC[C@]12C. The summed E-state index contributed by atoms with van der Waals surface area (Å²) in [4.78, 5) is 13.6. The first-order valence-corrected chi connectivity index (χ1v) is 12.5. The zero-order valence-corrected chi connectivity index (χ0v) is 20.2. The third-order valence-corrected chi connectivity index (χ3v) is 9.31. The maximum Gasteiger partial charge on any atom is 0.170 e. The highest BCUT2D eigenvalue weighted by molar-refractivity contribution is 6.04. The van der Waals surface area contributed by atoms with E-state index in [1.54, 1.807) is 11.6 Å². The van der Waals surface area contributed by atoms with Crippen molar-refractivity contribution in [2.24, 2.45) is 22.4 Å². The molecule has 0 radical (unpaired) electrons. The van der Waals surface area contributed by atoms with Crippen LogP contribution in [0, 0.1) is 17.3 Å². The third kappa shape index (κ3) is 3.52. The van der Waals surface area contributed by atoms with Crippen molar-refractivity contribution in [1.82, 2.24) is 0 Å². The molecule has 1 aromatic rings. The van der Waals surface area contributed by atoms with Crippen molar-refractivity contribution in [3.8, 4) is 0 Å². The highest BCUT2D eigenvalue weighted by Crippen LogP contribution is 2.61. The van der Waals surface area contributed by atoms with Crippen molar-refractivity contribution in [2.45, 2.75) is 63.4 Å². The highest BCUT2D eigenvalue weighted by Gasteiger charge is 2.54. The van der Waals surface area contributed by atoms with Gasteiger partial charge in [0, 0.05) is 7.11 Å². The molecule has 2 saturated carbocycles. The van der Waals surface area contributed by atoms with Crippen LogP contribution < -0.4 is 0 Å². The maximum atomic E-state index is 13.6. The number of oxime groups is 1. The quantitative estimate of drug-likeness (QED) is 0.276. The minimum atomic E-state index is -0.823. The van der Waals surface area contributed by atoms with Gasteiger partial charge in [-0.2, -0.15) is 0 Å². The second-order valence-corrected chi connectivity index (χ2v) is 10.7. The Labute approximate surface area is 201 Å². The molecule has 0 bridgehead atoms. The molecule has 34 heavy (non-hydrogen) atoms. The number of allylic oxidation sites excluding steroid dienone is 5. The van der Waals surface area contributed by atoms with Crippen LogP contribution in [0.5, 0.6) is 0 Å². The number of fused-ring (bicyclic) bond motifs is 4. The molecule has 0 aliphatic heterocycles. The number of hydrogen-bond acceptors (Lipinski definition) is 5. The van der Waals surface area contributed by atoms with Crippen LogP contribution in [0.4, 0.5) is 0 Å². The van der Waals surface area contributed by atoms with E-state index in [9.17, 15) is 9.90 Å². The molecule has 5 rings (SSSR count). The van der Waals surface area contributed by atoms with E-state index in [0.29, 0.717) is 24.4 Å². The Hall–Kier alpha value is -2.50. The average Bonchev–Trinajstić information content (AvgIpc) is 3.19. The van der Waals surface area contributed by atoms with Crippen LogP contribution in [-0.2, 0) is 14.9 Å². The highest BCUT2D eigenvalue weighted by atomic mass is 16.5. The monoisotopic (exact) mass is 461 g/mol. The smallest absolute Gasteiger partial charge is 0.170 e. The molecule has 0 aromatic heterocycles. The maximum absolute atomic E-state index is 13.6. The normalized spacial score (nSPS) is 35.4. The van der Waals surface area contributed by atoms with Crippen LogP contribution in [-0.4, -0.2) is 42.1 Å². The first-order chi connectivity index (χ1) is 16.5. The zero-order valence-electron chi connectivity index (χ0n) is 20.2. The molecule has 4 aliphatic rings. The third-order valence-electron chi connectivity index (χ3n) is 9.31. The molecule has 0 amide bonds. The van der Waals surface area contributed by atoms with E-state index in [0.717, 1.165) is 43.2 Å². The number of methoxy groups -OCH3 is 1. The van der Waals surface area contributed by atoms with E-state index in [1.165, 1.54) is 23.8 Å². The summed E-state index contributed by atoms with van der Waals surface area (Å²) < 4.78 is 5.92. The lowest BCUT2D eigenvalue weighted by atomic mass is 9.55. The molecule has 1 aromatic carbocycles. The van der Waals surface area contributed by atoms with Crippen LogP contribution in [0.15, 0.2) is 64.4 Å². The predicted octanol–water partition coefficient (Wildman–Crippen LogP) is 5.11. The molecule has 4 aliphatic carbocycles. The van der Waals surface area contributed by atoms with Gasteiger partial charge in [0.2, 0.25) is 0 Å². The summed E-state index contributed by atoms with van der Waals surface area (Å²) in [7, 11) is 1.86. The number of aliphatic hydroxyl groups excluding tert-OH is 1. The van der Waals surface area contributed by atoms with Crippen molar-refractivity contribution in [2.75, 3.05) is 13.7 Å². The lowest BCUT2D eigenvalue weighted by molar-refractivity contribution is -0.118. The van der Waals surface area contributed by atoms with Gasteiger partial charge in [0.05, 0.1) is 24.3 Å². The van der Waals surface area contributed by atoms with Gasteiger partial charge in [0.1, 0.15) is 0 Å². The molecule has 5 heteroatoms. The summed E-state index contributed by atoms with van der Waals surface area (Å²) >= 11 is 0. The molecule has 0 spiro atoms. The minimum Gasteiger partial charge on any atom is -0.411 e. The Morgan fingerprint density at radius 3 is 2.68 bits per heavy atom. The molecule has 2 N–H and O–H groups in total. The number of hydrogen-bond donors (Lipinski definition) is 2. The molecule has 2 fully saturated rings. The van der Waals surface area contributed by atoms with Gasteiger partial charge in [-0.15, -0.1) is 0 Å². The molecular weight excluding hydrogens is 426 g/mol. The van der Waals surface area contributed by atoms with Gasteiger partial charge >= 0.3 is 0 Å². The van der Waals surface area contributed by atoms with Gasteiger partial charge in [0.15, 0.2) is 5.78 Å². The summed E-state index contributed by atoms with van der Waals surface area (Å²) in [5, 5.41) is 21.5. The van der Waals surface area contributed by atoms with Crippen molar-refractivity contribution >= 4 is 12.0 Å². The Kier molecular flexibility index (Phi) is 6.11. The number of ketones is 1. The van der Waals surface area contributed by atoms with Crippen molar-refractivity contribution in [1.29, 1.82) is 0 Å². The molecule has 1 unspecified atom stereocenters.